The van der Waals surface area contributed by atoms with Crippen LogP contribution in [-0.4, -0.2) is 12.9 Å². The maximum atomic E-state index is 12.4. The highest BCUT2D eigenvalue weighted by atomic mass is 35.5. The number of nitriles is 1. The van der Waals surface area contributed by atoms with Crippen molar-refractivity contribution < 1.29 is 9.53 Å². The average molecular weight is 298 g/mol. The van der Waals surface area contributed by atoms with E-state index < -0.39 is 0 Å². The number of hydrogen-bond donors (Lipinski definition) is 0. The fourth-order valence-electron chi connectivity index (χ4n) is 1.85. The molecule has 0 aliphatic heterocycles. The van der Waals surface area contributed by atoms with E-state index >= 15 is 0 Å². The molecule has 0 radical (unpaired) electrons. The number of rotatable bonds is 4. The Bertz CT molecular complexity index is 727. The van der Waals surface area contributed by atoms with Gasteiger partial charge in [0.25, 0.3) is 0 Å². The van der Waals surface area contributed by atoms with E-state index in [0.717, 1.165) is 5.56 Å². The van der Waals surface area contributed by atoms with E-state index in [2.05, 4.69) is 0 Å². The van der Waals surface area contributed by atoms with Crippen LogP contribution in [0.25, 0.3) is 6.08 Å². The molecule has 0 amide bonds. The molecule has 0 aromatic heterocycles. The van der Waals surface area contributed by atoms with Gasteiger partial charge in [0, 0.05) is 5.02 Å². The van der Waals surface area contributed by atoms with Crippen molar-refractivity contribution in [3.63, 3.8) is 0 Å². The van der Waals surface area contributed by atoms with Gasteiger partial charge in [0.05, 0.1) is 12.7 Å². The molecule has 0 spiro atoms. The van der Waals surface area contributed by atoms with E-state index in [4.69, 9.17) is 16.3 Å². The second-order valence-corrected chi connectivity index (χ2v) is 4.69. The Kier molecular flexibility index (Phi) is 4.76. The number of hydrogen-bond acceptors (Lipinski definition) is 3. The Balaban J connectivity index is 2.39. The number of nitrogens with zero attached hydrogens (tertiary/aromatic N) is 1. The first-order valence-corrected chi connectivity index (χ1v) is 6.58. The number of benzene rings is 2. The van der Waals surface area contributed by atoms with Gasteiger partial charge in [-0.25, -0.2) is 0 Å². The van der Waals surface area contributed by atoms with Crippen molar-refractivity contribution in [3.05, 3.63) is 70.3 Å². The van der Waals surface area contributed by atoms with Crippen LogP contribution in [0.4, 0.5) is 0 Å². The molecule has 104 valence electrons. The minimum absolute atomic E-state index is 0.0434. The zero-order valence-electron chi connectivity index (χ0n) is 11.3. The molecule has 2 rings (SSSR count). The molecule has 0 saturated heterocycles. The molecular formula is C17H12ClNO2. The van der Waals surface area contributed by atoms with Gasteiger partial charge in [-0.15, -0.1) is 0 Å². The summed E-state index contributed by atoms with van der Waals surface area (Å²) in [4.78, 5) is 12.4. The molecule has 0 aliphatic rings. The molecule has 0 saturated carbocycles. The fraction of sp³-hybridized carbons (Fsp3) is 0.0588. The molecule has 0 fully saturated rings. The molecule has 0 aliphatic carbocycles. The minimum Gasteiger partial charge on any atom is -0.496 e. The summed E-state index contributed by atoms with van der Waals surface area (Å²) in [5.74, 6) is 0.0738. The van der Waals surface area contributed by atoms with Crippen molar-refractivity contribution in [2.24, 2.45) is 0 Å². The van der Waals surface area contributed by atoms with Gasteiger partial charge < -0.3 is 4.74 Å². The van der Waals surface area contributed by atoms with E-state index in [1.165, 1.54) is 13.2 Å². The second-order valence-electron chi connectivity index (χ2n) is 4.25. The summed E-state index contributed by atoms with van der Waals surface area (Å²) in [6.45, 7) is 0. The quantitative estimate of drug-likeness (QED) is 0.484. The highest BCUT2D eigenvalue weighted by Crippen LogP contribution is 2.22. The van der Waals surface area contributed by atoms with E-state index in [1.807, 2.05) is 6.07 Å². The first-order chi connectivity index (χ1) is 10.2. The summed E-state index contributed by atoms with van der Waals surface area (Å²) in [6.07, 6.45) is 1.53. The lowest BCUT2D eigenvalue weighted by molar-refractivity contribution is 0.103. The number of carbonyl (C=O) groups is 1. The van der Waals surface area contributed by atoms with E-state index in [9.17, 15) is 10.1 Å². The van der Waals surface area contributed by atoms with Crippen molar-refractivity contribution >= 4 is 23.5 Å². The van der Waals surface area contributed by atoms with Crippen molar-refractivity contribution in [3.8, 4) is 11.8 Å². The van der Waals surface area contributed by atoms with Crippen LogP contribution in [0, 0.1) is 11.3 Å². The van der Waals surface area contributed by atoms with Crippen LogP contribution in [0.1, 0.15) is 15.9 Å². The number of Topliss-reactive ketones (excluding diaryl/α,β-unsaturated/α-hetero) is 1. The van der Waals surface area contributed by atoms with E-state index in [1.54, 1.807) is 48.5 Å². The van der Waals surface area contributed by atoms with Crippen LogP contribution in [0.15, 0.2) is 54.1 Å². The molecule has 0 N–H and O–H groups in total. The number of carbonyl (C=O) groups excluding carboxylic acids is 1. The maximum Gasteiger partial charge on any atom is 0.207 e. The number of allylic oxidation sites excluding steroid dienone is 1. The molecule has 21 heavy (non-hydrogen) atoms. The van der Waals surface area contributed by atoms with Gasteiger partial charge in [0.15, 0.2) is 0 Å². The summed E-state index contributed by atoms with van der Waals surface area (Å²) in [5, 5.41) is 9.83. The third kappa shape index (κ3) is 3.50. The van der Waals surface area contributed by atoms with Gasteiger partial charge in [0.1, 0.15) is 17.4 Å². The van der Waals surface area contributed by atoms with Crippen LogP contribution in [0.2, 0.25) is 5.02 Å². The Morgan fingerprint density at radius 1 is 1.19 bits per heavy atom. The number of halogens is 1. The van der Waals surface area contributed by atoms with Gasteiger partial charge in [-0.1, -0.05) is 35.9 Å². The highest BCUT2D eigenvalue weighted by molar-refractivity contribution is 6.30. The van der Waals surface area contributed by atoms with Crippen LogP contribution in [-0.2, 0) is 0 Å². The molecule has 2 aromatic carbocycles. The third-order valence-corrected chi connectivity index (χ3v) is 3.15. The van der Waals surface area contributed by atoms with Crippen LogP contribution >= 0.6 is 11.6 Å². The highest BCUT2D eigenvalue weighted by Gasteiger charge is 2.16. The molecule has 3 nitrogen and oxygen atoms in total. The number of ether oxygens (including phenoxy) is 1. The van der Waals surface area contributed by atoms with Crippen molar-refractivity contribution in [2.45, 2.75) is 0 Å². The first kappa shape index (κ1) is 14.8. The van der Waals surface area contributed by atoms with Crippen LogP contribution in [0.3, 0.4) is 0 Å². The van der Waals surface area contributed by atoms with E-state index in [-0.39, 0.29) is 11.4 Å². The zero-order valence-corrected chi connectivity index (χ0v) is 12.1. The number of methoxy groups -OCH3 is 1. The third-order valence-electron chi connectivity index (χ3n) is 2.90. The summed E-state index contributed by atoms with van der Waals surface area (Å²) in [5.41, 5.74) is 1.14. The lowest BCUT2D eigenvalue weighted by Gasteiger charge is -2.06. The Morgan fingerprint density at radius 2 is 1.86 bits per heavy atom. The molecule has 2 aromatic rings. The number of para-hydroxylation sites is 1. The van der Waals surface area contributed by atoms with Crippen LogP contribution in [0.5, 0.6) is 5.75 Å². The average Bonchev–Trinajstić information content (AvgIpc) is 2.53. The predicted octanol–water partition coefficient (Wildman–Crippen LogP) is 4.14. The van der Waals surface area contributed by atoms with Gasteiger partial charge in [0.2, 0.25) is 5.78 Å². The van der Waals surface area contributed by atoms with Gasteiger partial charge in [-0.3, -0.25) is 4.79 Å². The Labute approximate surface area is 128 Å². The zero-order chi connectivity index (χ0) is 15.2. The SMILES string of the molecule is COc1ccccc1C(=O)/C(C#N)=C/c1ccc(Cl)cc1. The largest absolute Gasteiger partial charge is 0.496 e. The van der Waals surface area contributed by atoms with Crippen molar-refractivity contribution in [1.29, 1.82) is 5.26 Å². The van der Waals surface area contributed by atoms with Gasteiger partial charge >= 0.3 is 0 Å². The smallest absolute Gasteiger partial charge is 0.207 e. The van der Waals surface area contributed by atoms with Crippen molar-refractivity contribution in [1.82, 2.24) is 0 Å². The van der Waals surface area contributed by atoms with Crippen molar-refractivity contribution in [2.75, 3.05) is 7.11 Å². The molecule has 0 bridgehead atoms. The van der Waals surface area contributed by atoms with E-state index in [0.29, 0.717) is 16.3 Å². The normalized spacial score (nSPS) is 10.8. The summed E-state index contributed by atoms with van der Waals surface area (Å²) in [7, 11) is 1.49. The first-order valence-electron chi connectivity index (χ1n) is 6.21. The summed E-state index contributed by atoms with van der Waals surface area (Å²) < 4.78 is 5.15. The molecular weight excluding hydrogens is 286 g/mol. The summed E-state index contributed by atoms with van der Waals surface area (Å²) in [6, 6.07) is 15.7. The standard InChI is InChI=1S/C17H12ClNO2/c1-21-16-5-3-2-4-15(16)17(20)13(11-19)10-12-6-8-14(18)9-7-12/h2-10H,1H3/b13-10+. The molecule has 4 heteroatoms. The second kappa shape index (κ2) is 6.74. The molecule has 0 heterocycles. The number of ketones is 1. The minimum atomic E-state index is -0.370. The lowest BCUT2D eigenvalue weighted by atomic mass is 10.0. The predicted molar refractivity (Wildman–Crippen MR) is 82.4 cm³/mol. The Hall–Kier alpha value is -2.57. The van der Waals surface area contributed by atoms with Crippen LogP contribution < -0.4 is 4.74 Å². The fourth-order valence-corrected chi connectivity index (χ4v) is 1.98. The van der Waals surface area contributed by atoms with Gasteiger partial charge in [-0.05, 0) is 35.9 Å². The summed E-state index contributed by atoms with van der Waals surface area (Å²) >= 11 is 5.81. The molecule has 0 unspecified atom stereocenters. The van der Waals surface area contributed by atoms with Gasteiger partial charge in [-0.2, -0.15) is 5.26 Å². The molecule has 0 atom stereocenters. The maximum absolute atomic E-state index is 12.4. The Morgan fingerprint density at radius 3 is 2.48 bits per heavy atom. The topological polar surface area (TPSA) is 50.1 Å². The lowest BCUT2D eigenvalue weighted by Crippen LogP contribution is -2.04. The monoisotopic (exact) mass is 297 g/mol.